The van der Waals surface area contributed by atoms with Gasteiger partial charge in [-0.05, 0) is 24.3 Å². The Morgan fingerprint density at radius 2 is 2.00 bits per heavy atom. The number of hydrogen-bond acceptors (Lipinski definition) is 11. The number of fused-ring (bicyclic) bond motifs is 1. The van der Waals surface area contributed by atoms with Gasteiger partial charge >= 0.3 is 12.1 Å². The lowest BCUT2D eigenvalue weighted by Gasteiger charge is -2.46. The predicted octanol–water partition coefficient (Wildman–Crippen LogP) is 3.11. The van der Waals surface area contributed by atoms with E-state index in [4.69, 9.17) is 14.2 Å². The molecule has 0 bridgehead atoms. The van der Waals surface area contributed by atoms with E-state index in [9.17, 15) is 24.6 Å². The van der Waals surface area contributed by atoms with Crippen LogP contribution in [0.1, 0.15) is 45.2 Å². The second-order valence-electron chi connectivity index (χ2n) is 8.75. The summed E-state index contributed by atoms with van der Waals surface area (Å²) in [7, 11) is 0. The van der Waals surface area contributed by atoms with E-state index in [-0.39, 0.29) is 42.7 Å². The zero-order chi connectivity index (χ0) is 25.9. The van der Waals surface area contributed by atoms with E-state index in [1.807, 2.05) is 20.8 Å². The van der Waals surface area contributed by atoms with Crippen molar-refractivity contribution < 1.29 is 38.8 Å². The van der Waals surface area contributed by atoms with Crippen LogP contribution >= 0.6 is 23.1 Å². The molecule has 192 valence electrons. The molecular formula is C23H30N2O8S2. The Morgan fingerprint density at radius 3 is 2.63 bits per heavy atom. The van der Waals surface area contributed by atoms with E-state index in [0.717, 1.165) is 4.88 Å². The Labute approximate surface area is 211 Å². The smallest absolute Gasteiger partial charge is 0.434 e. The van der Waals surface area contributed by atoms with Crippen LogP contribution in [0.5, 0.6) is 0 Å². The summed E-state index contributed by atoms with van der Waals surface area (Å²) in [5.74, 6) is -1.93. The first-order valence-corrected chi connectivity index (χ1v) is 13.0. The van der Waals surface area contributed by atoms with Crippen LogP contribution in [0.4, 0.5) is 4.79 Å². The fourth-order valence-corrected chi connectivity index (χ4v) is 5.78. The zero-order valence-corrected chi connectivity index (χ0v) is 21.8. The highest BCUT2D eigenvalue weighted by atomic mass is 32.2. The first-order valence-electron chi connectivity index (χ1n) is 11.2. The van der Waals surface area contributed by atoms with Crippen molar-refractivity contribution in [2.24, 2.45) is 17.8 Å². The van der Waals surface area contributed by atoms with Crippen LogP contribution in [-0.2, 0) is 30.4 Å². The normalized spacial score (nSPS) is 23.4. The molecule has 0 aromatic carbocycles. The lowest BCUT2D eigenvalue weighted by molar-refractivity contribution is -0.173. The molecule has 1 unspecified atom stereocenters. The van der Waals surface area contributed by atoms with Gasteiger partial charge in [-0.2, -0.15) is 0 Å². The Kier molecular flexibility index (Phi) is 8.97. The van der Waals surface area contributed by atoms with Gasteiger partial charge in [-0.3, -0.25) is 4.79 Å². The molecule has 10 nitrogen and oxygen atoms in total. The summed E-state index contributed by atoms with van der Waals surface area (Å²) in [6.45, 7) is 8.53. The van der Waals surface area contributed by atoms with Crippen LogP contribution < -0.4 is 0 Å². The largest absolute Gasteiger partial charge is 0.511 e. The number of β-lactam (4-membered cyclic amide) rings is 1. The summed E-state index contributed by atoms with van der Waals surface area (Å²) in [5, 5.41) is 21.3. The maximum absolute atomic E-state index is 13.1. The Bertz CT molecular complexity index is 1020. The minimum absolute atomic E-state index is 0.0664. The number of hydrogen-bond donors (Lipinski definition) is 2. The summed E-state index contributed by atoms with van der Waals surface area (Å²) in [6, 6.07) is -0.385. The molecular weight excluding hydrogens is 496 g/mol. The number of thiazole rings is 1. The lowest BCUT2D eigenvalue weighted by Crippen LogP contribution is -2.63. The molecule has 2 N–H and O–H groups in total. The molecule has 3 rings (SSSR count). The molecule has 1 aromatic rings. The Hall–Kier alpha value is -2.41. The number of carbonyl (C=O) groups is 3. The number of esters is 1. The van der Waals surface area contributed by atoms with Crippen molar-refractivity contribution in [1.29, 1.82) is 0 Å². The second kappa shape index (κ2) is 11.5. The Balaban J connectivity index is 1.79. The number of amides is 1. The number of thioether (sulfide) groups is 1. The van der Waals surface area contributed by atoms with Crippen molar-refractivity contribution in [3.05, 3.63) is 32.1 Å². The molecule has 35 heavy (non-hydrogen) atoms. The molecule has 2 aliphatic heterocycles. The number of rotatable bonds is 10. The third kappa shape index (κ3) is 5.88. The van der Waals surface area contributed by atoms with Crippen molar-refractivity contribution in [2.45, 2.75) is 59.7 Å². The topological polar surface area (TPSA) is 135 Å². The minimum atomic E-state index is -1.24. The van der Waals surface area contributed by atoms with Gasteiger partial charge in [0.05, 0.1) is 47.4 Å². The maximum Gasteiger partial charge on any atom is 0.511 e. The number of aliphatic hydroxyl groups excluding tert-OH is 2. The molecule has 0 aliphatic carbocycles. The highest BCUT2D eigenvalue weighted by Gasteiger charge is 2.60. The number of carbonyl (C=O) groups excluding carboxylic acids is 3. The first kappa shape index (κ1) is 27.2. The summed E-state index contributed by atoms with van der Waals surface area (Å²) in [6.07, 6.45) is -1.29. The molecule has 0 saturated carbocycles. The summed E-state index contributed by atoms with van der Waals surface area (Å²) >= 11 is 2.61. The maximum atomic E-state index is 13.1. The summed E-state index contributed by atoms with van der Waals surface area (Å²) in [5.41, 5.74) is 2.24. The van der Waals surface area contributed by atoms with Crippen molar-refractivity contribution >= 4 is 47.2 Å². The van der Waals surface area contributed by atoms with Crippen molar-refractivity contribution in [2.75, 3.05) is 6.61 Å². The van der Waals surface area contributed by atoms with E-state index in [1.165, 1.54) is 34.9 Å². The van der Waals surface area contributed by atoms with Crippen LogP contribution in [0.3, 0.4) is 0 Å². The van der Waals surface area contributed by atoms with Crippen LogP contribution in [0.25, 0.3) is 6.08 Å². The SMILES string of the molecule is CC(C)COC(=O)OC(C)OC(=O)C1=C(S/C=C\c2scnc2CO)[C@H](C)[C@@H]2[C@@H]([C@@H](C)O)C(=O)N12. The lowest BCUT2D eigenvalue weighted by atomic mass is 9.79. The molecule has 1 aromatic heterocycles. The summed E-state index contributed by atoms with van der Waals surface area (Å²) < 4.78 is 15.3. The van der Waals surface area contributed by atoms with Crippen molar-refractivity contribution in [3.63, 3.8) is 0 Å². The molecule has 1 saturated heterocycles. The average Bonchev–Trinajstić information content (AvgIpc) is 3.32. The molecule has 3 heterocycles. The summed E-state index contributed by atoms with van der Waals surface area (Å²) in [4.78, 5) is 44.5. The van der Waals surface area contributed by atoms with Crippen LogP contribution in [0.15, 0.2) is 21.5 Å². The minimum Gasteiger partial charge on any atom is -0.434 e. The number of aromatic nitrogens is 1. The third-order valence-electron chi connectivity index (χ3n) is 5.61. The predicted molar refractivity (Wildman–Crippen MR) is 129 cm³/mol. The number of ether oxygens (including phenoxy) is 3. The molecule has 1 fully saturated rings. The fraction of sp³-hybridized carbons (Fsp3) is 0.565. The number of nitrogens with zero attached hydrogens (tertiary/aromatic N) is 2. The first-order chi connectivity index (χ1) is 16.6. The molecule has 5 atom stereocenters. The van der Waals surface area contributed by atoms with E-state index in [2.05, 4.69) is 4.98 Å². The highest BCUT2D eigenvalue weighted by molar-refractivity contribution is 8.06. The quantitative estimate of drug-likeness (QED) is 0.266. The van der Waals surface area contributed by atoms with Crippen LogP contribution in [0, 0.1) is 17.8 Å². The molecule has 1 amide bonds. The van der Waals surface area contributed by atoms with Gasteiger partial charge in [0.15, 0.2) is 0 Å². The Morgan fingerprint density at radius 1 is 1.29 bits per heavy atom. The molecule has 2 aliphatic rings. The van der Waals surface area contributed by atoms with Gasteiger partial charge in [-0.1, -0.05) is 32.5 Å². The standard InChI is InChI=1S/C23H30N2O8S2/c1-11(2)9-31-23(30)33-14(5)32-22(29)19-20(34-7-6-16-15(8-26)24-10-35-16)12(3)18-17(13(4)27)21(28)25(18)19/h6-7,10-14,17-18,26-27H,8-9H2,1-5H3/b7-6-/t12-,13-,14?,17-,18-/m1/s1. The number of aliphatic hydroxyl groups is 2. The van der Waals surface area contributed by atoms with Gasteiger partial charge in [0.2, 0.25) is 12.2 Å². The third-order valence-corrected chi connectivity index (χ3v) is 7.54. The van der Waals surface area contributed by atoms with E-state index < -0.39 is 30.4 Å². The molecule has 0 radical (unpaired) electrons. The molecule has 12 heteroatoms. The zero-order valence-electron chi connectivity index (χ0n) is 20.2. The molecule has 0 spiro atoms. The second-order valence-corrected chi connectivity index (χ2v) is 10.6. The van der Waals surface area contributed by atoms with Gasteiger partial charge in [-0.25, -0.2) is 14.6 Å². The van der Waals surface area contributed by atoms with Crippen LogP contribution in [0.2, 0.25) is 0 Å². The van der Waals surface area contributed by atoms with Gasteiger partial charge in [0, 0.05) is 17.7 Å². The fourth-order valence-electron chi connectivity index (χ4n) is 4.01. The van der Waals surface area contributed by atoms with E-state index in [0.29, 0.717) is 10.6 Å². The monoisotopic (exact) mass is 526 g/mol. The van der Waals surface area contributed by atoms with Gasteiger partial charge < -0.3 is 29.3 Å². The van der Waals surface area contributed by atoms with Gasteiger partial charge in [-0.15, -0.1) is 11.3 Å². The van der Waals surface area contributed by atoms with Crippen molar-refractivity contribution in [3.8, 4) is 0 Å². The van der Waals surface area contributed by atoms with Crippen LogP contribution in [-0.4, -0.2) is 63.2 Å². The van der Waals surface area contributed by atoms with E-state index >= 15 is 0 Å². The highest BCUT2D eigenvalue weighted by Crippen LogP contribution is 2.51. The van der Waals surface area contributed by atoms with Crippen molar-refractivity contribution in [1.82, 2.24) is 9.88 Å². The average molecular weight is 527 g/mol. The van der Waals surface area contributed by atoms with Gasteiger partial charge in [0.1, 0.15) is 5.70 Å². The van der Waals surface area contributed by atoms with E-state index in [1.54, 1.807) is 23.9 Å². The van der Waals surface area contributed by atoms with Gasteiger partial charge in [0.25, 0.3) is 0 Å².